The second-order valence-corrected chi connectivity index (χ2v) is 5.57. The number of hydrogen-bond acceptors (Lipinski definition) is 2. The maximum Gasteiger partial charge on any atom is 0.123 e. The maximum atomic E-state index is 5.98. The molecule has 0 bridgehead atoms. The van der Waals surface area contributed by atoms with Gasteiger partial charge in [-0.2, -0.15) is 0 Å². The van der Waals surface area contributed by atoms with Crippen LogP contribution in [0.4, 0.5) is 0 Å². The van der Waals surface area contributed by atoms with E-state index in [-0.39, 0.29) is 6.04 Å². The molecule has 0 amide bonds. The molecule has 1 atom stereocenters. The number of aryl methyl sites for hydroxylation is 2. The molecule has 0 radical (unpaired) electrons. The summed E-state index contributed by atoms with van der Waals surface area (Å²) in [6.07, 6.45) is 0.838. The van der Waals surface area contributed by atoms with Gasteiger partial charge < -0.3 is 10.5 Å². The van der Waals surface area contributed by atoms with E-state index in [0.717, 1.165) is 12.2 Å². The van der Waals surface area contributed by atoms with Gasteiger partial charge >= 0.3 is 0 Å². The highest BCUT2D eigenvalue weighted by molar-refractivity contribution is 5.37. The minimum Gasteiger partial charge on any atom is -0.489 e. The molecule has 0 saturated carbocycles. The van der Waals surface area contributed by atoms with E-state index in [1.54, 1.807) is 0 Å². The average Bonchev–Trinajstić information content (AvgIpc) is 2.37. The summed E-state index contributed by atoms with van der Waals surface area (Å²) in [5.74, 6) is 0.939. The summed E-state index contributed by atoms with van der Waals surface area (Å²) in [5, 5.41) is 0. The molecule has 0 heterocycles. The number of rotatable bonds is 5. The van der Waals surface area contributed by atoms with Gasteiger partial charge in [0.15, 0.2) is 0 Å². The number of nitrogens with two attached hydrogens (primary N) is 1. The van der Waals surface area contributed by atoms with Crippen molar-refractivity contribution in [3.05, 3.63) is 64.7 Å². The van der Waals surface area contributed by atoms with Gasteiger partial charge in [0.1, 0.15) is 12.4 Å². The average molecular weight is 269 g/mol. The molecule has 0 aliphatic heterocycles. The number of ether oxygens (including phenoxy) is 1. The highest BCUT2D eigenvalue weighted by Gasteiger charge is 2.07. The monoisotopic (exact) mass is 269 g/mol. The molecule has 0 aliphatic carbocycles. The van der Waals surface area contributed by atoms with Crippen LogP contribution in [0.1, 0.15) is 29.2 Å². The molecule has 20 heavy (non-hydrogen) atoms. The first-order chi connectivity index (χ1) is 9.54. The van der Waals surface area contributed by atoms with Gasteiger partial charge in [-0.15, -0.1) is 0 Å². The fourth-order valence-corrected chi connectivity index (χ4v) is 2.32. The predicted octanol–water partition coefficient (Wildman–Crippen LogP) is 3.77. The quantitative estimate of drug-likeness (QED) is 0.896. The van der Waals surface area contributed by atoms with Crippen molar-refractivity contribution in [3.8, 4) is 5.75 Å². The van der Waals surface area contributed by atoms with E-state index in [0.29, 0.717) is 6.61 Å². The van der Waals surface area contributed by atoms with E-state index >= 15 is 0 Å². The SMILES string of the molecule is Cc1cccc(COc2ccc(C)cc2CC(C)N)c1. The lowest BCUT2D eigenvalue weighted by atomic mass is 10.0. The van der Waals surface area contributed by atoms with Gasteiger partial charge in [0, 0.05) is 6.04 Å². The molecule has 0 aromatic heterocycles. The van der Waals surface area contributed by atoms with Crippen LogP contribution in [0.3, 0.4) is 0 Å². The van der Waals surface area contributed by atoms with Crippen LogP contribution in [0, 0.1) is 13.8 Å². The molecule has 2 aromatic rings. The van der Waals surface area contributed by atoms with Crippen molar-refractivity contribution in [2.75, 3.05) is 0 Å². The molecule has 0 spiro atoms. The summed E-state index contributed by atoms with van der Waals surface area (Å²) < 4.78 is 5.98. The van der Waals surface area contributed by atoms with Crippen LogP contribution in [0.5, 0.6) is 5.75 Å². The fourth-order valence-electron chi connectivity index (χ4n) is 2.32. The van der Waals surface area contributed by atoms with Gasteiger partial charge in [0.2, 0.25) is 0 Å². The summed E-state index contributed by atoms with van der Waals surface area (Å²) in [7, 11) is 0. The highest BCUT2D eigenvalue weighted by atomic mass is 16.5. The Bertz CT molecular complexity index is 575. The van der Waals surface area contributed by atoms with E-state index in [2.05, 4.69) is 50.2 Å². The summed E-state index contributed by atoms with van der Waals surface area (Å²) in [5.41, 5.74) is 10.8. The summed E-state index contributed by atoms with van der Waals surface area (Å²) in [6.45, 7) is 6.80. The molecule has 2 heteroatoms. The van der Waals surface area contributed by atoms with Gasteiger partial charge in [-0.3, -0.25) is 0 Å². The smallest absolute Gasteiger partial charge is 0.123 e. The zero-order chi connectivity index (χ0) is 14.5. The summed E-state index contributed by atoms with van der Waals surface area (Å²) >= 11 is 0. The van der Waals surface area contributed by atoms with Crippen LogP contribution in [0.2, 0.25) is 0 Å². The Balaban J connectivity index is 2.12. The van der Waals surface area contributed by atoms with Crippen LogP contribution in [-0.2, 0) is 13.0 Å². The largest absolute Gasteiger partial charge is 0.489 e. The summed E-state index contributed by atoms with van der Waals surface area (Å²) in [6, 6.07) is 14.8. The van der Waals surface area contributed by atoms with Gasteiger partial charge in [-0.1, -0.05) is 47.5 Å². The van der Waals surface area contributed by atoms with Crippen molar-refractivity contribution >= 4 is 0 Å². The van der Waals surface area contributed by atoms with Crippen LogP contribution >= 0.6 is 0 Å². The second kappa shape index (κ2) is 6.58. The Morgan fingerprint density at radius 1 is 1.05 bits per heavy atom. The van der Waals surface area contributed by atoms with Crippen molar-refractivity contribution < 1.29 is 4.74 Å². The van der Waals surface area contributed by atoms with Crippen LogP contribution in [0.25, 0.3) is 0 Å². The van der Waals surface area contributed by atoms with Crippen molar-refractivity contribution in [3.63, 3.8) is 0 Å². The van der Waals surface area contributed by atoms with E-state index in [9.17, 15) is 0 Å². The Kier molecular flexibility index (Phi) is 4.80. The van der Waals surface area contributed by atoms with Crippen molar-refractivity contribution in [2.45, 2.75) is 39.8 Å². The molecule has 2 aromatic carbocycles. The zero-order valence-electron chi connectivity index (χ0n) is 12.5. The minimum absolute atomic E-state index is 0.137. The normalized spacial score (nSPS) is 12.2. The van der Waals surface area contributed by atoms with E-state index in [4.69, 9.17) is 10.5 Å². The number of hydrogen-bond donors (Lipinski definition) is 1. The number of benzene rings is 2. The highest BCUT2D eigenvalue weighted by Crippen LogP contribution is 2.22. The first-order valence-corrected chi connectivity index (χ1v) is 7.08. The molecule has 0 saturated heterocycles. The van der Waals surface area contributed by atoms with Gasteiger partial charge in [0.05, 0.1) is 0 Å². The Hall–Kier alpha value is -1.80. The Morgan fingerprint density at radius 2 is 1.80 bits per heavy atom. The standard InChI is InChI=1S/C18H23NO/c1-13-5-4-6-16(9-13)12-20-18-8-7-14(2)10-17(18)11-15(3)19/h4-10,15H,11-12,19H2,1-3H3. The molecule has 2 N–H and O–H groups in total. The molecular weight excluding hydrogens is 246 g/mol. The van der Waals surface area contributed by atoms with Gasteiger partial charge in [-0.05, 0) is 44.4 Å². The fraction of sp³-hybridized carbons (Fsp3) is 0.333. The third kappa shape index (κ3) is 4.10. The van der Waals surface area contributed by atoms with Crippen molar-refractivity contribution in [1.29, 1.82) is 0 Å². The Morgan fingerprint density at radius 3 is 2.50 bits per heavy atom. The molecule has 106 valence electrons. The lowest BCUT2D eigenvalue weighted by Gasteiger charge is -2.14. The lowest BCUT2D eigenvalue weighted by molar-refractivity contribution is 0.302. The molecular formula is C18H23NO. The van der Waals surface area contributed by atoms with Crippen LogP contribution < -0.4 is 10.5 Å². The third-order valence-electron chi connectivity index (χ3n) is 3.23. The topological polar surface area (TPSA) is 35.2 Å². The van der Waals surface area contributed by atoms with E-state index in [1.165, 1.54) is 22.3 Å². The minimum atomic E-state index is 0.137. The second-order valence-electron chi connectivity index (χ2n) is 5.57. The van der Waals surface area contributed by atoms with Gasteiger partial charge in [-0.25, -0.2) is 0 Å². The van der Waals surface area contributed by atoms with Gasteiger partial charge in [0.25, 0.3) is 0 Å². The van der Waals surface area contributed by atoms with E-state index < -0.39 is 0 Å². The molecule has 0 fully saturated rings. The molecule has 1 unspecified atom stereocenters. The van der Waals surface area contributed by atoms with Crippen molar-refractivity contribution in [1.82, 2.24) is 0 Å². The third-order valence-corrected chi connectivity index (χ3v) is 3.23. The maximum absolute atomic E-state index is 5.98. The Labute approximate surface area is 121 Å². The first kappa shape index (κ1) is 14.6. The predicted molar refractivity (Wildman–Crippen MR) is 84.0 cm³/mol. The molecule has 0 aliphatic rings. The van der Waals surface area contributed by atoms with E-state index in [1.807, 2.05) is 13.0 Å². The lowest BCUT2D eigenvalue weighted by Crippen LogP contribution is -2.18. The van der Waals surface area contributed by atoms with Crippen LogP contribution in [0.15, 0.2) is 42.5 Å². The first-order valence-electron chi connectivity index (χ1n) is 7.08. The molecule has 2 nitrogen and oxygen atoms in total. The zero-order valence-corrected chi connectivity index (χ0v) is 12.5. The van der Waals surface area contributed by atoms with Crippen molar-refractivity contribution in [2.24, 2.45) is 5.73 Å². The van der Waals surface area contributed by atoms with Crippen LogP contribution in [-0.4, -0.2) is 6.04 Å². The summed E-state index contributed by atoms with van der Waals surface area (Å²) in [4.78, 5) is 0. The molecule has 2 rings (SSSR count).